The van der Waals surface area contributed by atoms with Crippen molar-refractivity contribution in [1.82, 2.24) is 5.06 Å². The highest BCUT2D eigenvalue weighted by atomic mass is 16.7. The molecule has 4 rings (SSSR count). The monoisotopic (exact) mass is 497 g/mol. The summed E-state index contributed by atoms with van der Waals surface area (Å²) in [6, 6.07) is 18.4. The van der Waals surface area contributed by atoms with Gasteiger partial charge in [-0.2, -0.15) is 5.06 Å². The normalized spacial score (nSPS) is 27.3. The van der Waals surface area contributed by atoms with E-state index in [0.29, 0.717) is 6.54 Å². The van der Waals surface area contributed by atoms with Gasteiger partial charge in [-0.3, -0.25) is 14.4 Å². The first-order valence-electron chi connectivity index (χ1n) is 12.0. The average Bonchev–Trinajstić information content (AvgIpc) is 3.35. The van der Waals surface area contributed by atoms with Crippen molar-refractivity contribution >= 4 is 17.9 Å². The highest BCUT2D eigenvalue weighted by molar-refractivity contribution is 5.76. The van der Waals surface area contributed by atoms with Gasteiger partial charge in [-0.1, -0.05) is 60.7 Å². The van der Waals surface area contributed by atoms with Crippen LogP contribution in [0.2, 0.25) is 0 Å². The van der Waals surface area contributed by atoms with Crippen molar-refractivity contribution < 1.29 is 38.2 Å². The Morgan fingerprint density at radius 1 is 0.833 bits per heavy atom. The largest absolute Gasteiger partial charge is 0.464 e. The first kappa shape index (κ1) is 25.8. The minimum absolute atomic E-state index is 0.161. The van der Waals surface area contributed by atoms with E-state index in [9.17, 15) is 14.4 Å². The van der Waals surface area contributed by atoms with Gasteiger partial charge in [0.25, 0.3) is 0 Å². The second-order valence-electron chi connectivity index (χ2n) is 8.82. The Morgan fingerprint density at radius 2 is 1.42 bits per heavy atom. The van der Waals surface area contributed by atoms with E-state index in [4.69, 9.17) is 23.8 Å². The Hall–Kier alpha value is -3.27. The second-order valence-corrected chi connectivity index (χ2v) is 8.82. The molecule has 0 aromatic heterocycles. The van der Waals surface area contributed by atoms with Crippen LogP contribution >= 0.6 is 0 Å². The molecule has 1 heterocycles. The number of carbonyl (C=O) groups excluding carboxylic acids is 3. The predicted molar refractivity (Wildman–Crippen MR) is 127 cm³/mol. The number of ether oxygens (including phenoxy) is 4. The van der Waals surface area contributed by atoms with Crippen LogP contribution in [0, 0.1) is 5.92 Å². The van der Waals surface area contributed by atoms with Crippen molar-refractivity contribution in [3.8, 4) is 0 Å². The topological polar surface area (TPSA) is 101 Å². The maximum atomic E-state index is 13.0. The summed E-state index contributed by atoms with van der Waals surface area (Å²) < 4.78 is 23.0. The fraction of sp³-hybridized carbons (Fsp3) is 0.444. The molecule has 9 nitrogen and oxygen atoms in total. The van der Waals surface area contributed by atoms with E-state index in [-0.39, 0.29) is 13.2 Å². The highest BCUT2D eigenvalue weighted by Crippen LogP contribution is 2.46. The van der Waals surface area contributed by atoms with Crippen LogP contribution in [0.4, 0.5) is 0 Å². The number of benzene rings is 2. The Morgan fingerprint density at radius 3 is 2.00 bits per heavy atom. The third kappa shape index (κ3) is 5.75. The lowest BCUT2D eigenvalue weighted by atomic mass is 9.95. The van der Waals surface area contributed by atoms with Gasteiger partial charge < -0.3 is 18.9 Å². The number of hydrogen-bond donors (Lipinski definition) is 0. The highest BCUT2D eigenvalue weighted by Gasteiger charge is 2.66. The van der Waals surface area contributed by atoms with Crippen molar-refractivity contribution in [3.63, 3.8) is 0 Å². The zero-order chi connectivity index (χ0) is 25.7. The van der Waals surface area contributed by atoms with E-state index in [1.807, 2.05) is 60.7 Å². The van der Waals surface area contributed by atoms with E-state index in [1.54, 1.807) is 12.0 Å². The van der Waals surface area contributed by atoms with Gasteiger partial charge in [0.15, 0.2) is 6.10 Å². The molecule has 2 aromatic rings. The van der Waals surface area contributed by atoms with Gasteiger partial charge in [-0.25, -0.2) is 4.79 Å². The fourth-order valence-corrected chi connectivity index (χ4v) is 4.96. The molecule has 36 heavy (non-hydrogen) atoms. The zero-order valence-electron chi connectivity index (χ0n) is 20.6. The van der Waals surface area contributed by atoms with Crippen LogP contribution in [0.1, 0.15) is 31.9 Å². The molecule has 2 aromatic carbocycles. The quantitative estimate of drug-likeness (QED) is 0.382. The summed E-state index contributed by atoms with van der Waals surface area (Å²) >= 11 is 0. The number of hydrogen-bond acceptors (Lipinski definition) is 9. The first-order chi connectivity index (χ1) is 17.4. The summed E-state index contributed by atoms with van der Waals surface area (Å²) in [7, 11) is 0. The summed E-state index contributed by atoms with van der Waals surface area (Å²) in [5.74, 6) is -2.32. The molecule has 1 aliphatic carbocycles. The van der Waals surface area contributed by atoms with E-state index in [2.05, 4.69) is 0 Å². The van der Waals surface area contributed by atoms with Crippen molar-refractivity contribution in [2.45, 2.75) is 64.4 Å². The Labute approximate surface area is 210 Å². The summed E-state index contributed by atoms with van der Waals surface area (Å²) in [6.07, 6.45) is -3.65. The summed E-state index contributed by atoms with van der Waals surface area (Å²) in [5, 5.41) is 1.62. The molecule has 0 spiro atoms. The number of rotatable bonds is 9. The molecule has 0 radical (unpaired) electrons. The van der Waals surface area contributed by atoms with Crippen molar-refractivity contribution in [2.75, 3.05) is 6.61 Å². The van der Waals surface area contributed by atoms with Gasteiger partial charge in [0.1, 0.15) is 18.3 Å². The molecular formula is C27H31NO8. The number of carbonyl (C=O) groups is 3. The third-order valence-electron chi connectivity index (χ3n) is 6.28. The summed E-state index contributed by atoms with van der Waals surface area (Å²) in [4.78, 5) is 43.4. The van der Waals surface area contributed by atoms with Gasteiger partial charge in [-0.05, 0) is 18.1 Å². The van der Waals surface area contributed by atoms with Gasteiger partial charge in [-0.15, -0.1) is 0 Å². The molecule has 1 aliphatic heterocycles. The van der Waals surface area contributed by atoms with Crippen LogP contribution in [0.25, 0.3) is 0 Å². The molecule has 192 valence electrons. The van der Waals surface area contributed by atoms with Crippen LogP contribution < -0.4 is 0 Å². The predicted octanol–water partition coefficient (Wildman–Crippen LogP) is 2.81. The van der Waals surface area contributed by atoms with Gasteiger partial charge >= 0.3 is 17.9 Å². The summed E-state index contributed by atoms with van der Waals surface area (Å²) in [5.41, 5.74) is 1.83. The smallest absolute Gasteiger partial charge is 0.337 e. The zero-order valence-corrected chi connectivity index (χ0v) is 20.6. The molecule has 1 saturated heterocycles. The van der Waals surface area contributed by atoms with Crippen molar-refractivity contribution in [1.29, 1.82) is 0 Å². The van der Waals surface area contributed by atoms with Crippen molar-refractivity contribution in [2.24, 2.45) is 5.92 Å². The lowest BCUT2D eigenvalue weighted by molar-refractivity contribution is -0.219. The van der Waals surface area contributed by atoms with E-state index in [1.165, 1.54) is 13.8 Å². The van der Waals surface area contributed by atoms with Crippen molar-refractivity contribution in [3.05, 3.63) is 71.8 Å². The van der Waals surface area contributed by atoms with Gasteiger partial charge in [0.05, 0.1) is 25.2 Å². The number of esters is 3. The Kier molecular flexibility index (Phi) is 8.35. The lowest BCUT2D eigenvalue weighted by Gasteiger charge is -2.30. The van der Waals surface area contributed by atoms with E-state index >= 15 is 0 Å². The molecule has 6 atom stereocenters. The SMILES string of the molecule is CCOC(=O)[C@@H]1ON(Cc2ccccc2)[C@H]2[C@H](OC(C)=O)[C@@H](OCc3ccccc3)[C@H](OC(C)=O)[C@H]21. The van der Waals surface area contributed by atoms with Crippen LogP contribution in [0.3, 0.4) is 0 Å². The third-order valence-corrected chi connectivity index (χ3v) is 6.28. The molecule has 2 aliphatic rings. The maximum Gasteiger partial charge on any atom is 0.337 e. The molecule has 0 amide bonds. The molecule has 0 N–H and O–H groups in total. The summed E-state index contributed by atoms with van der Waals surface area (Å²) in [6.45, 7) is 4.98. The number of nitrogens with zero attached hydrogens (tertiary/aromatic N) is 1. The molecule has 2 fully saturated rings. The molecule has 1 saturated carbocycles. The second kappa shape index (κ2) is 11.6. The standard InChI is InChI=1S/C27H31NO8/c1-4-32-27(31)24-21-22(28(36-24)15-19-11-7-5-8-12-19)25(35-18(3)30)26(23(21)34-17(2)29)33-16-20-13-9-6-10-14-20/h5-14,21-26H,4,15-16H2,1-3H3/t21-,22+,23+,24+,25-,26-/m0/s1. The Balaban J connectivity index is 1.71. The number of hydroxylamine groups is 2. The Bertz CT molecular complexity index is 1050. The number of fused-ring (bicyclic) bond motifs is 1. The first-order valence-corrected chi connectivity index (χ1v) is 12.0. The van der Waals surface area contributed by atoms with Gasteiger partial charge in [0.2, 0.25) is 0 Å². The molecular weight excluding hydrogens is 466 g/mol. The van der Waals surface area contributed by atoms with Crippen LogP contribution in [0.5, 0.6) is 0 Å². The maximum absolute atomic E-state index is 13.0. The lowest BCUT2D eigenvalue weighted by Crippen LogP contribution is -2.45. The average molecular weight is 498 g/mol. The molecule has 9 heteroatoms. The van der Waals surface area contributed by atoms with E-state index < -0.39 is 54.3 Å². The minimum atomic E-state index is -1.06. The molecule has 0 unspecified atom stereocenters. The van der Waals surface area contributed by atoms with Gasteiger partial charge in [0, 0.05) is 20.4 Å². The minimum Gasteiger partial charge on any atom is -0.464 e. The van der Waals surface area contributed by atoms with Crippen LogP contribution in [0.15, 0.2) is 60.7 Å². The van der Waals surface area contributed by atoms with Crippen LogP contribution in [-0.4, -0.2) is 60.0 Å². The fourth-order valence-electron chi connectivity index (χ4n) is 4.96. The van der Waals surface area contributed by atoms with Crippen LogP contribution in [-0.2, 0) is 51.3 Å². The molecule has 0 bridgehead atoms. The van der Waals surface area contributed by atoms with E-state index in [0.717, 1.165) is 11.1 Å².